The number of anilines is 1. The van der Waals surface area contributed by atoms with Gasteiger partial charge in [0.1, 0.15) is 9.84 Å². The molecule has 3 rings (SSSR count). The maximum absolute atomic E-state index is 12.9. The molecule has 0 saturated carbocycles. The highest BCUT2D eigenvalue weighted by Gasteiger charge is 2.36. The Kier molecular flexibility index (Phi) is 4.53. The van der Waals surface area contributed by atoms with Gasteiger partial charge >= 0.3 is 0 Å². The molecule has 7 nitrogen and oxygen atoms in total. The Morgan fingerprint density at radius 1 is 1.31 bits per heavy atom. The maximum Gasteiger partial charge on any atom is 0.257 e. The van der Waals surface area contributed by atoms with E-state index in [1.807, 2.05) is 0 Å². The molecule has 1 aliphatic rings. The number of benzene rings is 2. The summed E-state index contributed by atoms with van der Waals surface area (Å²) in [5.41, 5.74) is 7.97. The Morgan fingerprint density at radius 3 is 2.62 bits per heavy atom. The van der Waals surface area contributed by atoms with Gasteiger partial charge in [0.25, 0.3) is 5.91 Å². The number of hydrogen-bond donors (Lipinski definition) is 2. The SMILES string of the molecule is COc1ccc(C(CS(C)(=O)=O)N2Cc3cccc(N)c3C2=O)cc1O. The number of ether oxygens (including phenoxy) is 1. The zero-order chi connectivity index (χ0) is 19.1. The van der Waals surface area contributed by atoms with E-state index in [2.05, 4.69) is 0 Å². The lowest BCUT2D eigenvalue weighted by Crippen LogP contribution is -2.33. The van der Waals surface area contributed by atoms with Crippen LogP contribution in [-0.2, 0) is 16.4 Å². The van der Waals surface area contributed by atoms with Gasteiger partial charge < -0.3 is 20.5 Å². The lowest BCUT2D eigenvalue weighted by molar-refractivity contribution is 0.0719. The third kappa shape index (κ3) is 3.32. The molecule has 0 spiro atoms. The summed E-state index contributed by atoms with van der Waals surface area (Å²) in [5.74, 6) is -0.431. The second kappa shape index (κ2) is 6.53. The number of hydrogen-bond acceptors (Lipinski definition) is 6. The van der Waals surface area contributed by atoms with Crippen LogP contribution in [-0.4, -0.2) is 43.4 Å². The summed E-state index contributed by atoms with van der Waals surface area (Å²) >= 11 is 0. The number of carbonyl (C=O) groups excluding carboxylic acids is 1. The average molecular weight is 376 g/mol. The number of methoxy groups -OCH3 is 1. The fraction of sp³-hybridized carbons (Fsp3) is 0.278. The number of nitrogens with two attached hydrogens (primary N) is 1. The zero-order valence-corrected chi connectivity index (χ0v) is 15.3. The van der Waals surface area contributed by atoms with Crippen LogP contribution in [0.2, 0.25) is 0 Å². The monoisotopic (exact) mass is 376 g/mol. The number of sulfone groups is 1. The Hall–Kier alpha value is -2.74. The van der Waals surface area contributed by atoms with Crippen molar-refractivity contribution in [3.05, 3.63) is 53.1 Å². The molecule has 3 N–H and O–H groups in total. The minimum Gasteiger partial charge on any atom is -0.504 e. The Balaban J connectivity index is 2.05. The van der Waals surface area contributed by atoms with Crippen LogP contribution in [0, 0.1) is 0 Å². The summed E-state index contributed by atoms with van der Waals surface area (Å²) in [7, 11) is -1.97. The van der Waals surface area contributed by atoms with Crippen molar-refractivity contribution in [1.82, 2.24) is 4.90 Å². The van der Waals surface area contributed by atoms with Crippen LogP contribution in [0.15, 0.2) is 36.4 Å². The molecule has 1 unspecified atom stereocenters. The van der Waals surface area contributed by atoms with Crippen molar-refractivity contribution in [2.75, 3.05) is 24.9 Å². The summed E-state index contributed by atoms with van der Waals surface area (Å²) in [4.78, 5) is 14.4. The number of phenols is 1. The van der Waals surface area contributed by atoms with Crippen molar-refractivity contribution in [3.8, 4) is 11.5 Å². The van der Waals surface area contributed by atoms with Gasteiger partial charge in [0.2, 0.25) is 0 Å². The van der Waals surface area contributed by atoms with Gasteiger partial charge in [-0.15, -0.1) is 0 Å². The first-order chi connectivity index (χ1) is 12.2. The van der Waals surface area contributed by atoms with Crippen molar-refractivity contribution in [1.29, 1.82) is 0 Å². The molecule has 0 aromatic heterocycles. The first-order valence-electron chi connectivity index (χ1n) is 7.94. The van der Waals surface area contributed by atoms with Gasteiger partial charge in [-0.1, -0.05) is 18.2 Å². The lowest BCUT2D eigenvalue weighted by Gasteiger charge is -2.28. The Bertz CT molecular complexity index is 972. The van der Waals surface area contributed by atoms with Crippen molar-refractivity contribution in [2.45, 2.75) is 12.6 Å². The highest BCUT2D eigenvalue weighted by molar-refractivity contribution is 7.90. The van der Waals surface area contributed by atoms with Crippen LogP contribution in [0.4, 0.5) is 5.69 Å². The number of rotatable bonds is 5. The van der Waals surface area contributed by atoms with Gasteiger partial charge in [-0.25, -0.2) is 8.42 Å². The summed E-state index contributed by atoms with van der Waals surface area (Å²) in [6.07, 6.45) is 1.12. The lowest BCUT2D eigenvalue weighted by atomic mass is 10.1. The van der Waals surface area contributed by atoms with Gasteiger partial charge in [-0.05, 0) is 29.3 Å². The van der Waals surface area contributed by atoms with E-state index < -0.39 is 15.9 Å². The van der Waals surface area contributed by atoms with Crippen LogP contribution in [0.3, 0.4) is 0 Å². The summed E-state index contributed by atoms with van der Waals surface area (Å²) in [6, 6.07) is 9.07. The van der Waals surface area contributed by atoms with E-state index >= 15 is 0 Å². The minimum absolute atomic E-state index is 0.118. The van der Waals surface area contributed by atoms with E-state index in [4.69, 9.17) is 10.5 Å². The van der Waals surface area contributed by atoms with Crippen LogP contribution in [0.5, 0.6) is 11.5 Å². The fourth-order valence-electron chi connectivity index (χ4n) is 3.23. The summed E-state index contributed by atoms with van der Waals surface area (Å²) in [6.45, 7) is 0.256. The molecule has 1 atom stereocenters. The second-order valence-electron chi connectivity index (χ2n) is 6.35. The van der Waals surface area contributed by atoms with E-state index in [1.54, 1.807) is 30.3 Å². The van der Waals surface area contributed by atoms with E-state index in [0.717, 1.165) is 11.8 Å². The van der Waals surface area contributed by atoms with E-state index in [-0.39, 0.29) is 29.7 Å². The summed E-state index contributed by atoms with van der Waals surface area (Å²) < 4.78 is 29.0. The Labute approximate surface area is 151 Å². The van der Waals surface area contributed by atoms with Gasteiger partial charge in [-0.3, -0.25) is 4.79 Å². The standard InChI is InChI=1S/C18H20N2O5S/c1-25-16-7-6-11(8-15(16)21)14(10-26(2,23)24)20-9-12-4-3-5-13(19)17(12)18(20)22/h3-8,14,21H,9-10,19H2,1-2H3. The van der Waals surface area contributed by atoms with E-state index in [0.29, 0.717) is 16.8 Å². The third-order valence-corrected chi connectivity index (χ3v) is 5.34. The van der Waals surface area contributed by atoms with Crippen molar-refractivity contribution >= 4 is 21.4 Å². The number of carbonyl (C=O) groups is 1. The molecule has 0 aliphatic carbocycles. The van der Waals surface area contributed by atoms with Crippen LogP contribution >= 0.6 is 0 Å². The predicted octanol–water partition coefficient (Wildman–Crippen LogP) is 1.72. The van der Waals surface area contributed by atoms with E-state index in [9.17, 15) is 18.3 Å². The maximum atomic E-state index is 12.9. The summed E-state index contributed by atoms with van der Waals surface area (Å²) in [5, 5.41) is 10.1. The first kappa shape index (κ1) is 18.1. The van der Waals surface area contributed by atoms with Crippen LogP contribution in [0.1, 0.15) is 27.5 Å². The molecule has 2 aromatic carbocycles. The van der Waals surface area contributed by atoms with Gasteiger partial charge in [0.15, 0.2) is 11.5 Å². The number of fused-ring (bicyclic) bond motifs is 1. The molecule has 138 valence electrons. The molecule has 0 radical (unpaired) electrons. The largest absolute Gasteiger partial charge is 0.504 e. The third-order valence-electron chi connectivity index (χ3n) is 4.42. The predicted molar refractivity (Wildman–Crippen MR) is 97.8 cm³/mol. The first-order valence-corrected chi connectivity index (χ1v) is 10.0. The Morgan fingerprint density at radius 2 is 2.04 bits per heavy atom. The molecular formula is C18H20N2O5S. The topological polar surface area (TPSA) is 110 Å². The molecule has 2 aromatic rings. The molecule has 0 saturated heterocycles. The van der Waals surface area contributed by atoms with E-state index in [1.165, 1.54) is 18.1 Å². The molecule has 26 heavy (non-hydrogen) atoms. The van der Waals surface area contributed by atoms with Gasteiger partial charge in [0, 0.05) is 18.5 Å². The fourth-order valence-corrected chi connectivity index (χ4v) is 4.18. The number of aromatic hydroxyl groups is 1. The van der Waals surface area contributed by atoms with Gasteiger partial charge in [-0.2, -0.15) is 0 Å². The quantitative estimate of drug-likeness (QED) is 0.769. The zero-order valence-electron chi connectivity index (χ0n) is 14.5. The number of nitrogen functional groups attached to an aromatic ring is 1. The van der Waals surface area contributed by atoms with Crippen molar-refractivity contribution in [3.63, 3.8) is 0 Å². The highest BCUT2D eigenvalue weighted by Crippen LogP contribution is 2.37. The van der Waals surface area contributed by atoms with Gasteiger partial charge in [0.05, 0.1) is 24.5 Å². The molecule has 0 bridgehead atoms. The normalized spacial score (nSPS) is 15.0. The van der Waals surface area contributed by atoms with Crippen molar-refractivity contribution in [2.24, 2.45) is 0 Å². The molecule has 8 heteroatoms. The second-order valence-corrected chi connectivity index (χ2v) is 8.54. The molecular weight excluding hydrogens is 356 g/mol. The molecule has 1 heterocycles. The number of phenolic OH excluding ortho intramolecular Hbond substituents is 1. The van der Waals surface area contributed by atoms with Crippen LogP contribution in [0.25, 0.3) is 0 Å². The van der Waals surface area contributed by atoms with Crippen LogP contribution < -0.4 is 10.5 Å². The minimum atomic E-state index is -3.40. The molecule has 0 fully saturated rings. The smallest absolute Gasteiger partial charge is 0.257 e. The molecule has 1 aliphatic heterocycles. The number of nitrogens with zero attached hydrogens (tertiary/aromatic N) is 1. The molecule has 1 amide bonds. The van der Waals surface area contributed by atoms with Crippen molar-refractivity contribution < 1.29 is 23.1 Å². The highest BCUT2D eigenvalue weighted by atomic mass is 32.2. The average Bonchev–Trinajstić information content (AvgIpc) is 2.90. The number of amides is 1.